The maximum atomic E-state index is 11.9. The van der Waals surface area contributed by atoms with Crippen LogP contribution in [0.15, 0.2) is 34.5 Å². The molecule has 2 aromatic rings. The summed E-state index contributed by atoms with van der Waals surface area (Å²) >= 11 is 3.37. The zero-order valence-electron chi connectivity index (χ0n) is 11.6. The molecule has 0 aliphatic carbocycles. The molecule has 6 heteroatoms. The van der Waals surface area contributed by atoms with E-state index < -0.39 is 0 Å². The molecule has 0 fully saturated rings. The number of carbonyl (C=O) groups is 1. The predicted molar refractivity (Wildman–Crippen MR) is 82.0 cm³/mol. The molecule has 0 radical (unpaired) electrons. The molecule has 2 rings (SSSR count). The summed E-state index contributed by atoms with van der Waals surface area (Å²) in [5.41, 5.74) is 1.71. The molecule has 106 valence electrons. The molecule has 1 heterocycles. The number of rotatable bonds is 5. The minimum Gasteiger partial charge on any atom is -0.274 e. The molecular weight excluding hydrogens is 292 g/mol. The molecule has 1 aromatic heterocycles. The Balaban J connectivity index is 1.96. The van der Waals surface area contributed by atoms with Crippen LogP contribution in [-0.2, 0) is 10.6 Å². The van der Waals surface area contributed by atoms with Crippen molar-refractivity contribution in [3.63, 3.8) is 0 Å². The Kier molecular flexibility index (Phi) is 5.17. The van der Waals surface area contributed by atoms with Crippen LogP contribution in [0.3, 0.4) is 0 Å². The summed E-state index contributed by atoms with van der Waals surface area (Å²) in [4.78, 5) is 22.3. The Bertz CT molecular complexity index is 581. The lowest BCUT2D eigenvalue weighted by Gasteiger charge is -2.13. The summed E-state index contributed by atoms with van der Waals surface area (Å²) in [6, 6.07) is 7.51. The van der Waals surface area contributed by atoms with Gasteiger partial charge in [0.05, 0.1) is 17.8 Å². The van der Waals surface area contributed by atoms with Crippen molar-refractivity contribution in [1.29, 1.82) is 0 Å². The predicted octanol–water partition coefficient (Wildman–Crippen LogP) is 3.38. The summed E-state index contributed by atoms with van der Waals surface area (Å²) < 4.78 is 0. The van der Waals surface area contributed by atoms with E-state index in [1.807, 2.05) is 31.2 Å². The molecule has 0 aliphatic heterocycles. The van der Waals surface area contributed by atoms with Crippen LogP contribution in [-0.4, -0.2) is 30.1 Å². The lowest BCUT2D eigenvalue weighted by Crippen LogP contribution is -2.25. The van der Waals surface area contributed by atoms with E-state index in [1.54, 1.807) is 30.1 Å². The largest absolute Gasteiger partial charge is 0.277 e. The number of nitrogens with zero attached hydrogens (tertiary/aromatic N) is 2. The Morgan fingerprint density at radius 2 is 2.10 bits per heavy atom. The molecule has 0 aliphatic rings. The number of hydroxylamine groups is 2. The highest BCUT2D eigenvalue weighted by atomic mass is 32.2. The monoisotopic (exact) mass is 308 g/mol. The number of benzene rings is 1. The quantitative estimate of drug-likeness (QED) is 0.627. The number of hydrogen-bond acceptors (Lipinski definition) is 5. The summed E-state index contributed by atoms with van der Waals surface area (Å²) in [5, 5.41) is 4.37. The average molecular weight is 308 g/mol. The first-order valence-electron chi connectivity index (χ1n) is 6.06. The Hall–Kier alpha value is -1.37. The van der Waals surface area contributed by atoms with Gasteiger partial charge in [0.1, 0.15) is 0 Å². The van der Waals surface area contributed by atoms with E-state index in [4.69, 9.17) is 4.84 Å². The number of hydrogen-bond donors (Lipinski definition) is 0. The van der Waals surface area contributed by atoms with Gasteiger partial charge in [-0.1, -0.05) is 0 Å². The first-order chi connectivity index (χ1) is 9.60. The van der Waals surface area contributed by atoms with Crippen molar-refractivity contribution < 1.29 is 9.63 Å². The maximum Gasteiger partial charge on any atom is 0.277 e. The fourth-order valence-corrected chi connectivity index (χ4v) is 3.10. The zero-order valence-corrected chi connectivity index (χ0v) is 13.3. The van der Waals surface area contributed by atoms with Gasteiger partial charge < -0.3 is 0 Å². The molecule has 1 aromatic carbocycles. The summed E-state index contributed by atoms with van der Waals surface area (Å²) in [6.07, 6.45) is 0. The van der Waals surface area contributed by atoms with Gasteiger partial charge in [0.25, 0.3) is 5.91 Å². The number of carbonyl (C=O) groups excluding carboxylic acids is 1. The number of thioether (sulfide) groups is 1. The molecule has 0 bridgehead atoms. The number of amides is 1. The van der Waals surface area contributed by atoms with Crippen LogP contribution < -0.4 is 0 Å². The summed E-state index contributed by atoms with van der Waals surface area (Å²) in [6.45, 7) is 2.01. The Labute approximate surface area is 126 Å². The lowest BCUT2D eigenvalue weighted by molar-refractivity contribution is -0.0757. The van der Waals surface area contributed by atoms with Crippen LogP contribution in [0.5, 0.6) is 0 Å². The third-order valence-electron chi connectivity index (χ3n) is 2.71. The second-order valence-electron chi connectivity index (χ2n) is 4.16. The normalized spacial score (nSPS) is 10.6. The highest BCUT2D eigenvalue weighted by Crippen LogP contribution is 2.24. The van der Waals surface area contributed by atoms with Crippen LogP contribution in [0.1, 0.15) is 21.1 Å². The molecule has 4 nitrogen and oxygen atoms in total. The molecule has 20 heavy (non-hydrogen) atoms. The second kappa shape index (κ2) is 6.88. The molecule has 0 saturated heterocycles. The van der Waals surface area contributed by atoms with Gasteiger partial charge in [-0.2, -0.15) is 0 Å². The fraction of sp³-hybridized carbons (Fsp3) is 0.286. The van der Waals surface area contributed by atoms with Crippen molar-refractivity contribution in [2.75, 3.05) is 14.2 Å². The van der Waals surface area contributed by atoms with Crippen molar-refractivity contribution in [1.82, 2.24) is 10.0 Å². The van der Waals surface area contributed by atoms with Crippen molar-refractivity contribution in [3.05, 3.63) is 45.9 Å². The standard InChI is InChI=1S/C14H16N2O2S2/c1-10-15-12(8-19-10)9-20-13-6-4-11(5-7-13)14(17)16(2)18-3/h4-8H,9H2,1-3H3. The van der Waals surface area contributed by atoms with E-state index in [0.29, 0.717) is 5.56 Å². The maximum absolute atomic E-state index is 11.9. The van der Waals surface area contributed by atoms with Crippen LogP contribution in [0.2, 0.25) is 0 Å². The third-order valence-corrected chi connectivity index (χ3v) is 4.58. The SMILES string of the molecule is CON(C)C(=O)c1ccc(SCc2csc(C)n2)cc1. The highest BCUT2D eigenvalue weighted by Gasteiger charge is 2.10. The third kappa shape index (κ3) is 3.82. The molecule has 0 saturated carbocycles. The number of thiazole rings is 1. The first kappa shape index (κ1) is 15.0. The van der Waals surface area contributed by atoms with Gasteiger partial charge in [0, 0.05) is 28.6 Å². The van der Waals surface area contributed by atoms with Crippen LogP contribution in [0, 0.1) is 6.92 Å². The fourth-order valence-electron chi connectivity index (χ4n) is 1.59. The minimum atomic E-state index is -0.154. The highest BCUT2D eigenvalue weighted by molar-refractivity contribution is 7.98. The summed E-state index contributed by atoms with van der Waals surface area (Å²) in [5.74, 6) is 0.689. The van der Waals surface area contributed by atoms with Gasteiger partial charge in [-0.25, -0.2) is 10.0 Å². The molecule has 0 unspecified atom stereocenters. The zero-order chi connectivity index (χ0) is 14.5. The average Bonchev–Trinajstić information content (AvgIpc) is 2.89. The van der Waals surface area contributed by atoms with Gasteiger partial charge in [-0.15, -0.1) is 23.1 Å². The molecule has 0 spiro atoms. The number of aromatic nitrogens is 1. The van der Waals surface area contributed by atoms with Gasteiger partial charge in [-0.3, -0.25) is 9.63 Å². The minimum absolute atomic E-state index is 0.154. The van der Waals surface area contributed by atoms with E-state index in [9.17, 15) is 4.79 Å². The number of aryl methyl sites for hydroxylation is 1. The van der Waals surface area contributed by atoms with Crippen LogP contribution >= 0.6 is 23.1 Å². The van der Waals surface area contributed by atoms with Crippen LogP contribution in [0.4, 0.5) is 0 Å². The molecular formula is C14H16N2O2S2. The molecule has 0 atom stereocenters. The van der Waals surface area contributed by atoms with Gasteiger partial charge in [0.2, 0.25) is 0 Å². The van der Waals surface area contributed by atoms with Crippen LogP contribution in [0.25, 0.3) is 0 Å². The van der Waals surface area contributed by atoms with Crippen molar-refractivity contribution >= 4 is 29.0 Å². The first-order valence-corrected chi connectivity index (χ1v) is 7.92. The topological polar surface area (TPSA) is 42.4 Å². The van der Waals surface area contributed by atoms with Gasteiger partial charge in [-0.05, 0) is 31.2 Å². The van der Waals surface area contributed by atoms with E-state index >= 15 is 0 Å². The summed E-state index contributed by atoms with van der Waals surface area (Å²) in [7, 11) is 3.06. The second-order valence-corrected chi connectivity index (χ2v) is 6.27. The molecule has 1 amide bonds. The van der Waals surface area contributed by atoms with Gasteiger partial charge >= 0.3 is 0 Å². The van der Waals surface area contributed by atoms with E-state index in [2.05, 4.69) is 10.4 Å². The van der Waals surface area contributed by atoms with E-state index in [1.165, 1.54) is 12.2 Å². The van der Waals surface area contributed by atoms with Crippen molar-refractivity contribution in [3.8, 4) is 0 Å². The van der Waals surface area contributed by atoms with Gasteiger partial charge in [0.15, 0.2) is 0 Å². The lowest BCUT2D eigenvalue weighted by atomic mass is 10.2. The Morgan fingerprint density at radius 3 is 2.65 bits per heavy atom. The molecule has 0 N–H and O–H groups in total. The van der Waals surface area contributed by atoms with Crippen molar-refractivity contribution in [2.24, 2.45) is 0 Å². The smallest absolute Gasteiger partial charge is 0.274 e. The van der Waals surface area contributed by atoms with Crippen molar-refractivity contribution in [2.45, 2.75) is 17.6 Å². The van der Waals surface area contributed by atoms with E-state index in [-0.39, 0.29) is 5.91 Å². The Morgan fingerprint density at radius 1 is 1.40 bits per heavy atom. The van der Waals surface area contributed by atoms with E-state index in [0.717, 1.165) is 21.3 Å².